The van der Waals surface area contributed by atoms with Crippen molar-refractivity contribution in [1.82, 2.24) is 9.97 Å². The van der Waals surface area contributed by atoms with Gasteiger partial charge in [0.15, 0.2) is 0 Å². The molecule has 2 rings (SSSR count). The first-order chi connectivity index (χ1) is 8.61. The van der Waals surface area contributed by atoms with E-state index in [9.17, 15) is 0 Å². The molecule has 1 aliphatic rings. The molecule has 1 aromatic heterocycles. The van der Waals surface area contributed by atoms with Crippen molar-refractivity contribution in [3.05, 3.63) is 11.4 Å². The second kappa shape index (κ2) is 5.52. The van der Waals surface area contributed by atoms with Gasteiger partial charge in [-0.1, -0.05) is 6.92 Å². The quantitative estimate of drug-likeness (QED) is 0.881. The van der Waals surface area contributed by atoms with Crippen molar-refractivity contribution in [3.63, 3.8) is 0 Å². The molecule has 0 amide bonds. The summed E-state index contributed by atoms with van der Waals surface area (Å²) >= 11 is 0. The molecule has 0 saturated carbocycles. The Kier molecular flexibility index (Phi) is 4.01. The van der Waals surface area contributed by atoms with Crippen molar-refractivity contribution in [2.75, 3.05) is 30.3 Å². The molecule has 0 radical (unpaired) electrons. The number of anilines is 2. The lowest BCUT2D eigenvalue weighted by Gasteiger charge is -2.33. The molecule has 100 valence electrons. The largest absolute Gasteiger partial charge is 0.383 e. The van der Waals surface area contributed by atoms with E-state index in [2.05, 4.69) is 28.7 Å². The van der Waals surface area contributed by atoms with Crippen LogP contribution in [0.5, 0.6) is 0 Å². The maximum absolute atomic E-state index is 5.98. The highest BCUT2D eigenvalue weighted by Gasteiger charge is 2.21. The summed E-state index contributed by atoms with van der Waals surface area (Å²) in [5, 5.41) is 0. The Morgan fingerprint density at radius 3 is 2.89 bits per heavy atom. The Morgan fingerprint density at radius 2 is 2.22 bits per heavy atom. The third kappa shape index (κ3) is 2.72. The standard InChI is InChI=1S/C13H22N4O/c1-4-5-11-15-12(14)10(3)13(16-11)17-6-7-18-9(2)8-17/h9H,4-8H2,1-3H3,(H2,14,15,16). The Balaban J connectivity index is 2.30. The summed E-state index contributed by atoms with van der Waals surface area (Å²) in [6.45, 7) is 8.67. The summed E-state index contributed by atoms with van der Waals surface area (Å²) < 4.78 is 5.56. The van der Waals surface area contributed by atoms with Crippen LogP contribution < -0.4 is 10.6 Å². The molecule has 1 fully saturated rings. The lowest BCUT2D eigenvalue weighted by Crippen LogP contribution is -2.42. The van der Waals surface area contributed by atoms with Crippen LogP contribution in [0, 0.1) is 6.92 Å². The maximum Gasteiger partial charge on any atom is 0.137 e. The first kappa shape index (κ1) is 13.1. The summed E-state index contributed by atoms with van der Waals surface area (Å²) in [5.74, 6) is 2.42. The van der Waals surface area contributed by atoms with E-state index in [4.69, 9.17) is 10.5 Å². The van der Waals surface area contributed by atoms with E-state index in [1.807, 2.05) is 6.92 Å². The molecule has 1 saturated heterocycles. The SMILES string of the molecule is CCCc1nc(N)c(C)c(N2CCOC(C)C2)n1. The van der Waals surface area contributed by atoms with Crippen LogP contribution >= 0.6 is 0 Å². The third-order valence-corrected chi connectivity index (χ3v) is 3.22. The number of hydrogen-bond donors (Lipinski definition) is 1. The van der Waals surface area contributed by atoms with Crippen molar-refractivity contribution in [1.29, 1.82) is 0 Å². The summed E-state index contributed by atoms with van der Waals surface area (Å²) in [6.07, 6.45) is 2.14. The van der Waals surface area contributed by atoms with Crippen LogP contribution in [0.1, 0.15) is 31.7 Å². The van der Waals surface area contributed by atoms with Gasteiger partial charge >= 0.3 is 0 Å². The fraction of sp³-hybridized carbons (Fsp3) is 0.692. The zero-order valence-electron chi connectivity index (χ0n) is 11.4. The van der Waals surface area contributed by atoms with Crippen molar-refractivity contribution >= 4 is 11.6 Å². The second-order valence-electron chi connectivity index (χ2n) is 4.85. The van der Waals surface area contributed by atoms with Crippen molar-refractivity contribution in [3.8, 4) is 0 Å². The zero-order valence-corrected chi connectivity index (χ0v) is 11.4. The van der Waals surface area contributed by atoms with Crippen molar-refractivity contribution < 1.29 is 4.74 Å². The summed E-state index contributed by atoms with van der Waals surface area (Å²) in [7, 11) is 0. The molecular weight excluding hydrogens is 228 g/mol. The second-order valence-corrected chi connectivity index (χ2v) is 4.85. The number of nitrogen functional groups attached to an aromatic ring is 1. The minimum atomic E-state index is 0.240. The minimum absolute atomic E-state index is 0.240. The van der Waals surface area contributed by atoms with Crippen LogP contribution in [0.25, 0.3) is 0 Å². The Morgan fingerprint density at radius 1 is 1.44 bits per heavy atom. The van der Waals surface area contributed by atoms with Gasteiger partial charge in [-0.15, -0.1) is 0 Å². The van der Waals surface area contributed by atoms with Gasteiger partial charge in [-0.3, -0.25) is 0 Å². The van der Waals surface area contributed by atoms with Gasteiger partial charge in [0.1, 0.15) is 17.5 Å². The number of hydrogen-bond acceptors (Lipinski definition) is 5. The number of morpholine rings is 1. The third-order valence-electron chi connectivity index (χ3n) is 3.22. The van der Waals surface area contributed by atoms with E-state index < -0.39 is 0 Å². The average Bonchev–Trinajstić information content (AvgIpc) is 2.34. The molecule has 1 unspecified atom stereocenters. The predicted octanol–water partition coefficient (Wildman–Crippen LogP) is 1.54. The normalized spacial score (nSPS) is 20.2. The molecule has 0 bridgehead atoms. The zero-order chi connectivity index (χ0) is 13.1. The average molecular weight is 250 g/mol. The molecule has 0 aromatic carbocycles. The highest BCUT2D eigenvalue weighted by Crippen LogP contribution is 2.23. The molecule has 18 heavy (non-hydrogen) atoms. The number of aromatic nitrogens is 2. The number of rotatable bonds is 3. The number of aryl methyl sites for hydroxylation is 1. The fourth-order valence-corrected chi connectivity index (χ4v) is 2.22. The van der Waals surface area contributed by atoms with Gasteiger partial charge in [-0.25, -0.2) is 9.97 Å². The van der Waals surface area contributed by atoms with Crippen LogP contribution in [-0.2, 0) is 11.2 Å². The van der Waals surface area contributed by atoms with Crippen LogP contribution in [0.4, 0.5) is 11.6 Å². The maximum atomic E-state index is 5.98. The minimum Gasteiger partial charge on any atom is -0.383 e. The van der Waals surface area contributed by atoms with E-state index in [1.165, 1.54) is 0 Å². The number of nitrogens with zero attached hydrogens (tertiary/aromatic N) is 3. The van der Waals surface area contributed by atoms with Gasteiger partial charge in [0.05, 0.1) is 12.7 Å². The summed E-state index contributed by atoms with van der Waals surface area (Å²) in [5.41, 5.74) is 6.96. The van der Waals surface area contributed by atoms with E-state index >= 15 is 0 Å². The van der Waals surface area contributed by atoms with E-state index in [0.717, 1.165) is 49.7 Å². The van der Waals surface area contributed by atoms with Crippen LogP contribution in [0.2, 0.25) is 0 Å². The first-order valence-electron chi connectivity index (χ1n) is 6.61. The molecule has 1 aliphatic heterocycles. The Labute approximate surface area is 108 Å². The molecular formula is C13H22N4O. The van der Waals surface area contributed by atoms with Gasteiger partial charge in [0, 0.05) is 25.1 Å². The first-order valence-corrected chi connectivity index (χ1v) is 6.61. The Bertz CT molecular complexity index is 422. The lowest BCUT2D eigenvalue weighted by molar-refractivity contribution is 0.0529. The topological polar surface area (TPSA) is 64.3 Å². The Hall–Kier alpha value is -1.36. The fourth-order valence-electron chi connectivity index (χ4n) is 2.22. The van der Waals surface area contributed by atoms with Crippen LogP contribution in [0.15, 0.2) is 0 Å². The highest BCUT2D eigenvalue weighted by atomic mass is 16.5. The smallest absolute Gasteiger partial charge is 0.137 e. The van der Waals surface area contributed by atoms with Gasteiger partial charge in [-0.2, -0.15) is 0 Å². The van der Waals surface area contributed by atoms with Crippen molar-refractivity contribution in [2.24, 2.45) is 0 Å². The molecule has 1 atom stereocenters. The molecule has 5 heteroatoms. The molecule has 2 N–H and O–H groups in total. The number of ether oxygens (including phenoxy) is 1. The van der Waals surface area contributed by atoms with Gasteiger partial charge in [0.25, 0.3) is 0 Å². The van der Waals surface area contributed by atoms with Crippen molar-refractivity contribution in [2.45, 2.75) is 39.7 Å². The monoisotopic (exact) mass is 250 g/mol. The lowest BCUT2D eigenvalue weighted by atomic mass is 10.2. The van der Waals surface area contributed by atoms with E-state index in [0.29, 0.717) is 5.82 Å². The van der Waals surface area contributed by atoms with Gasteiger partial charge in [0.2, 0.25) is 0 Å². The number of nitrogens with two attached hydrogens (primary N) is 1. The summed E-state index contributed by atoms with van der Waals surface area (Å²) in [6, 6.07) is 0. The molecule has 0 spiro atoms. The van der Waals surface area contributed by atoms with E-state index in [1.54, 1.807) is 0 Å². The molecule has 5 nitrogen and oxygen atoms in total. The van der Waals surface area contributed by atoms with Gasteiger partial charge < -0.3 is 15.4 Å². The highest BCUT2D eigenvalue weighted by molar-refractivity contribution is 5.56. The predicted molar refractivity (Wildman–Crippen MR) is 72.8 cm³/mol. The molecule has 1 aromatic rings. The molecule has 0 aliphatic carbocycles. The van der Waals surface area contributed by atoms with Crippen LogP contribution in [0.3, 0.4) is 0 Å². The van der Waals surface area contributed by atoms with E-state index in [-0.39, 0.29) is 6.10 Å². The summed E-state index contributed by atoms with van der Waals surface area (Å²) in [4.78, 5) is 11.3. The van der Waals surface area contributed by atoms with Crippen LogP contribution in [-0.4, -0.2) is 35.8 Å². The molecule has 2 heterocycles. The van der Waals surface area contributed by atoms with Gasteiger partial charge in [-0.05, 0) is 20.3 Å².